The Hall–Kier alpha value is -3.94. The van der Waals surface area contributed by atoms with E-state index in [9.17, 15) is 9.59 Å². The molecule has 2 amide bonds. The summed E-state index contributed by atoms with van der Waals surface area (Å²) in [6.07, 6.45) is 2.91. The lowest BCUT2D eigenvalue weighted by Gasteiger charge is -2.36. The lowest BCUT2D eigenvalue weighted by molar-refractivity contribution is 0.0741. The van der Waals surface area contributed by atoms with E-state index in [1.807, 2.05) is 18.2 Å². The summed E-state index contributed by atoms with van der Waals surface area (Å²) in [4.78, 5) is 38.1. The molecule has 2 aromatic carbocycles. The second-order valence-corrected chi connectivity index (χ2v) is 7.05. The molecule has 0 radical (unpaired) electrons. The van der Waals surface area contributed by atoms with Gasteiger partial charge >= 0.3 is 0 Å². The van der Waals surface area contributed by atoms with Crippen LogP contribution in [0.25, 0.3) is 0 Å². The number of rotatable bonds is 5. The Balaban J connectivity index is 1.44. The molecule has 1 fully saturated rings. The Kier molecular flexibility index (Phi) is 6.07. The van der Waals surface area contributed by atoms with Crippen molar-refractivity contribution in [1.82, 2.24) is 14.9 Å². The zero-order chi connectivity index (χ0) is 21.6. The SMILES string of the molecule is COc1ccc(C(=O)Nc2nccnc2C(=O)N2CCN(c3ccccc3)CC2)cc1. The molecule has 1 aromatic heterocycles. The van der Waals surface area contributed by atoms with Gasteiger partial charge in [0.25, 0.3) is 11.8 Å². The van der Waals surface area contributed by atoms with Crippen molar-refractivity contribution in [3.8, 4) is 5.75 Å². The third-order valence-corrected chi connectivity index (χ3v) is 5.17. The topological polar surface area (TPSA) is 87.7 Å². The first-order chi connectivity index (χ1) is 15.2. The molecule has 0 atom stereocenters. The van der Waals surface area contributed by atoms with Crippen molar-refractivity contribution in [2.75, 3.05) is 43.5 Å². The predicted octanol–water partition coefficient (Wildman–Crippen LogP) is 2.70. The minimum Gasteiger partial charge on any atom is -0.497 e. The van der Waals surface area contributed by atoms with Gasteiger partial charge in [0.2, 0.25) is 0 Å². The Morgan fingerprint density at radius 2 is 1.58 bits per heavy atom. The molecular weight excluding hydrogens is 394 g/mol. The summed E-state index contributed by atoms with van der Waals surface area (Å²) in [6, 6.07) is 16.8. The first-order valence-corrected chi connectivity index (χ1v) is 10.0. The number of amides is 2. The van der Waals surface area contributed by atoms with E-state index in [0.717, 1.165) is 18.8 Å². The molecule has 31 heavy (non-hydrogen) atoms. The van der Waals surface area contributed by atoms with Crippen LogP contribution in [0.4, 0.5) is 11.5 Å². The quantitative estimate of drug-likeness (QED) is 0.687. The van der Waals surface area contributed by atoms with E-state index in [4.69, 9.17) is 4.74 Å². The van der Waals surface area contributed by atoms with E-state index >= 15 is 0 Å². The van der Waals surface area contributed by atoms with Gasteiger partial charge in [0.05, 0.1) is 7.11 Å². The first kappa shape index (κ1) is 20.3. The molecule has 4 rings (SSSR count). The number of ether oxygens (including phenoxy) is 1. The summed E-state index contributed by atoms with van der Waals surface area (Å²) < 4.78 is 5.11. The van der Waals surface area contributed by atoms with Crippen LogP contribution >= 0.6 is 0 Å². The third kappa shape index (κ3) is 4.63. The van der Waals surface area contributed by atoms with Crippen LogP contribution in [0.5, 0.6) is 5.75 Å². The molecule has 2 heterocycles. The second kappa shape index (κ2) is 9.25. The van der Waals surface area contributed by atoms with Crippen LogP contribution in [0.1, 0.15) is 20.8 Å². The van der Waals surface area contributed by atoms with Gasteiger partial charge in [-0.05, 0) is 36.4 Å². The molecule has 0 saturated carbocycles. The molecule has 1 N–H and O–H groups in total. The standard InChI is InChI=1S/C23H23N5O3/c1-31-19-9-7-17(8-10-19)22(29)26-21-20(24-11-12-25-21)23(30)28-15-13-27(14-16-28)18-5-3-2-4-6-18/h2-12H,13-16H2,1H3,(H,25,26,29). The van der Waals surface area contributed by atoms with Gasteiger partial charge in [-0.15, -0.1) is 0 Å². The van der Waals surface area contributed by atoms with E-state index in [0.29, 0.717) is 24.4 Å². The summed E-state index contributed by atoms with van der Waals surface area (Å²) in [6.45, 7) is 2.58. The van der Waals surface area contributed by atoms with E-state index in [2.05, 4.69) is 32.3 Å². The Morgan fingerprint density at radius 1 is 0.903 bits per heavy atom. The number of hydrogen-bond acceptors (Lipinski definition) is 6. The molecule has 8 heteroatoms. The lowest BCUT2D eigenvalue weighted by atomic mass is 10.2. The van der Waals surface area contributed by atoms with Gasteiger partial charge in [0.15, 0.2) is 11.5 Å². The monoisotopic (exact) mass is 417 g/mol. The Bertz CT molecular complexity index is 1050. The first-order valence-electron chi connectivity index (χ1n) is 10.0. The number of carbonyl (C=O) groups excluding carboxylic acids is 2. The molecular formula is C23H23N5O3. The maximum atomic E-state index is 13.1. The molecule has 1 aliphatic heterocycles. The van der Waals surface area contributed by atoms with Crippen LogP contribution in [-0.2, 0) is 0 Å². The number of para-hydroxylation sites is 1. The number of hydrogen-bond donors (Lipinski definition) is 1. The van der Waals surface area contributed by atoms with Crippen molar-refractivity contribution in [1.29, 1.82) is 0 Å². The molecule has 158 valence electrons. The minimum absolute atomic E-state index is 0.137. The fraction of sp³-hybridized carbons (Fsp3) is 0.217. The number of carbonyl (C=O) groups is 2. The molecule has 0 bridgehead atoms. The maximum absolute atomic E-state index is 13.1. The minimum atomic E-state index is -0.369. The van der Waals surface area contributed by atoms with Crippen molar-refractivity contribution < 1.29 is 14.3 Å². The van der Waals surface area contributed by atoms with Gasteiger partial charge in [-0.2, -0.15) is 0 Å². The van der Waals surface area contributed by atoms with E-state index in [1.165, 1.54) is 12.4 Å². The van der Waals surface area contributed by atoms with E-state index in [-0.39, 0.29) is 23.3 Å². The zero-order valence-electron chi connectivity index (χ0n) is 17.2. The lowest BCUT2D eigenvalue weighted by Crippen LogP contribution is -2.49. The van der Waals surface area contributed by atoms with Crippen molar-refractivity contribution in [3.05, 3.63) is 78.2 Å². The number of nitrogens with zero attached hydrogens (tertiary/aromatic N) is 4. The van der Waals surface area contributed by atoms with Crippen molar-refractivity contribution in [2.24, 2.45) is 0 Å². The van der Waals surface area contributed by atoms with Crippen LogP contribution in [0, 0.1) is 0 Å². The van der Waals surface area contributed by atoms with Crippen LogP contribution < -0.4 is 15.0 Å². The number of methoxy groups -OCH3 is 1. The van der Waals surface area contributed by atoms with Crippen molar-refractivity contribution in [3.63, 3.8) is 0 Å². The summed E-state index contributed by atoms with van der Waals surface area (Å²) in [5.41, 5.74) is 1.71. The number of piperazine rings is 1. The Labute approximate surface area is 180 Å². The third-order valence-electron chi connectivity index (χ3n) is 5.17. The fourth-order valence-corrected chi connectivity index (χ4v) is 3.46. The second-order valence-electron chi connectivity index (χ2n) is 7.05. The van der Waals surface area contributed by atoms with Crippen molar-refractivity contribution >= 4 is 23.3 Å². The molecule has 0 spiro atoms. The van der Waals surface area contributed by atoms with Gasteiger partial charge in [0.1, 0.15) is 5.75 Å². The highest BCUT2D eigenvalue weighted by atomic mass is 16.5. The Morgan fingerprint density at radius 3 is 2.26 bits per heavy atom. The maximum Gasteiger partial charge on any atom is 0.276 e. The number of anilines is 2. The van der Waals surface area contributed by atoms with E-state index in [1.54, 1.807) is 36.3 Å². The highest BCUT2D eigenvalue weighted by Gasteiger charge is 2.26. The van der Waals surface area contributed by atoms with Gasteiger partial charge in [-0.3, -0.25) is 9.59 Å². The molecule has 0 unspecified atom stereocenters. The molecule has 1 saturated heterocycles. The fourth-order valence-electron chi connectivity index (χ4n) is 3.46. The van der Waals surface area contributed by atoms with Crippen molar-refractivity contribution in [2.45, 2.75) is 0 Å². The highest BCUT2D eigenvalue weighted by Crippen LogP contribution is 2.19. The average molecular weight is 417 g/mol. The van der Waals surface area contributed by atoms with Crippen LogP contribution in [0.15, 0.2) is 67.0 Å². The summed E-state index contributed by atoms with van der Waals surface area (Å²) in [7, 11) is 1.56. The van der Waals surface area contributed by atoms with Gasteiger partial charge < -0.3 is 19.9 Å². The summed E-state index contributed by atoms with van der Waals surface area (Å²) in [5.74, 6) is 0.192. The smallest absolute Gasteiger partial charge is 0.276 e. The largest absolute Gasteiger partial charge is 0.497 e. The number of benzene rings is 2. The molecule has 0 aliphatic carbocycles. The number of aromatic nitrogens is 2. The van der Waals surface area contributed by atoms with Crippen LogP contribution in [0.3, 0.4) is 0 Å². The average Bonchev–Trinajstić information content (AvgIpc) is 2.84. The van der Waals surface area contributed by atoms with Crippen LogP contribution in [0.2, 0.25) is 0 Å². The molecule has 8 nitrogen and oxygen atoms in total. The van der Waals surface area contributed by atoms with E-state index < -0.39 is 0 Å². The zero-order valence-corrected chi connectivity index (χ0v) is 17.2. The number of nitrogens with one attached hydrogen (secondary N) is 1. The summed E-state index contributed by atoms with van der Waals surface area (Å²) in [5, 5.41) is 2.71. The highest BCUT2D eigenvalue weighted by molar-refractivity contribution is 6.07. The summed E-state index contributed by atoms with van der Waals surface area (Å²) >= 11 is 0. The molecule has 1 aliphatic rings. The van der Waals surface area contributed by atoms with Gasteiger partial charge in [0, 0.05) is 49.8 Å². The van der Waals surface area contributed by atoms with Gasteiger partial charge in [-0.1, -0.05) is 18.2 Å². The van der Waals surface area contributed by atoms with Gasteiger partial charge in [-0.25, -0.2) is 9.97 Å². The normalized spacial score (nSPS) is 13.6. The predicted molar refractivity (Wildman–Crippen MR) is 118 cm³/mol. The molecule has 3 aromatic rings. The van der Waals surface area contributed by atoms with Crippen LogP contribution in [-0.4, -0.2) is 60.0 Å².